The van der Waals surface area contributed by atoms with Gasteiger partial charge in [-0.15, -0.1) is 0 Å². The van der Waals surface area contributed by atoms with Crippen LogP contribution in [0.1, 0.15) is 20.8 Å². The van der Waals surface area contributed by atoms with E-state index in [-0.39, 0.29) is 5.78 Å². The molecule has 0 rings (SSSR count). The zero-order valence-electron chi connectivity index (χ0n) is 12.2. The van der Waals surface area contributed by atoms with Crippen molar-refractivity contribution in [2.45, 2.75) is 20.8 Å². The van der Waals surface area contributed by atoms with Crippen molar-refractivity contribution in [2.24, 2.45) is 0 Å². The van der Waals surface area contributed by atoms with Gasteiger partial charge in [-0.1, -0.05) is 43.0 Å². The molecule has 0 aromatic rings. The Balaban J connectivity index is 5.08. The highest BCUT2D eigenvalue weighted by Crippen LogP contribution is 2.10. The Hall–Kier alpha value is -2.09. The first-order chi connectivity index (χ1) is 8.96. The van der Waals surface area contributed by atoms with E-state index in [0.29, 0.717) is 16.9 Å². The Morgan fingerprint density at radius 1 is 1.16 bits per heavy atom. The van der Waals surface area contributed by atoms with Crippen LogP contribution >= 0.6 is 0 Å². The predicted octanol–water partition coefficient (Wildman–Crippen LogP) is 4.30. The van der Waals surface area contributed by atoms with Crippen molar-refractivity contribution in [2.75, 3.05) is 7.11 Å². The summed E-state index contributed by atoms with van der Waals surface area (Å²) in [4.78, 5) is 12.2. The van der Waals surface area contributed by atoms with Gasteiger partial charge >= 0.3 is 0 Å². The quantitative estimate of drug-likeness (QED) is 0.386. The number of carbonyl (C=O) groups is 1. The minimum Gasteiger partial charge on any atom is -0.497 e. The molecule has 0 atom stereocenters. The van der Waals surface area contributed by atoms with Gasteiger partial charge in [0, 0.05) is 5.57 Å². The highest BCUT2D eigenvalue weighted by Gasteiger charge is 2.07. The van der Waals surface area contributed by atoms with Crippen LogP contribution in [-0.4, -0.2) is 12.9 Å². The van der Waals surface area contributed by atoms with Crippen LogP contribution in [0.25, 0.3) is 0 Å². The topological polar surface area (TPSA) is 26.3 Å². The molecule has 0 aliphatic rings. The monoisotopic (exact) mass is 258 g/mol. The first-order valence-electron chi connectivity index (χ1n) is 6.05. The van der Waals surface area contributed by atoms with E-state index >= 15 is 0 Å². The zero-order chi connectivity index (χ0) is 14.8. The van der Waals surface area contributed by atoms with Gasteiger partial charge in [0.05, 0.1) is 7.11 Å². The van der Waals surface area contributed by atoms with Crippen LogP contribution < -0.4 is 0 Å². The molecule has 0 aliphatic carbocycles. The molecular weight excluding hydrogens is 236 g/mol. The lowest BCUT2D eigenvalue weighted by Gasteiger charge is -2.02. The lowest BCUT2D eigenvalue weighted by atomic mass is 10.0. The van der Waals surface area contributed by atoms with E-state index in [1.165, 1.54) is 0 Å². The van der Waals surface area contributed by atoms with E-state index in [9.17, 15) is 4.79 Å². The third-order valence-electron chi connectivity index (χ3n) is 2.41. The maximum absolute atomic E-state index is 12.2. The third kappa shape index (κ3) is 6.41. The maximum atomic E-state index is 12.2. The summed E-state index contributed by atoms with van der Waals surface area (Å²) in [5.74, 6) is 0.599. The van der Waals surface area contributed by atoms with Gasteiger partial charge in [-0.25, -0.2) is 0 Å². The molecule has 0 aromatic carbocycles. The van der Waals surface area contributed by atoms with Crippen LogP contribution in [-0.2, 0) is 9.53 Å². The van der Waals surface area contributed by atoms with Crippen LogP contribution in [0.15, 0.2) is 72.1 Å². The van der Waals surface area contributed by atoms with E-state index in [2.05, 4.69) is 13.2 Å². The number of carbonyl (C=O) groups excluding carboxylic acids is 1. The van der Waals surface area contributed by atoms with E-state index in [4.69, 9.17) is 4.74 Å². The molecule has 0 saturated heterocycles. The highest BCUT2D eigenvalue weighted by molar-refractivity contribution is 6.09. The largest absolute Gasteiger partial charge is 0.497 e. The molecule has 2 nitrogen and oxygen atoms in total. The second kappa shape index (κ2) is 8.92. The normalized spacial score (nSPS) is 13.6. The average molecular weight is 258 g/mol. The van der Waals surface area contributed by atoms with Gasteiger partial charge in [0.1, 0.15) is 5.76 Å². The fourth-order valence-corrected chi connectivity index (χ4v) is 1.26. The number of rotatable bonds is 7. The molecule has 19 heavy (non-hydrogen) atoms. The van der Waals surface area contributed by atoms with Crippen LogP contribution in [0.5, 0.6) is 0 Å². The average Bonchev–Trinajstić information content (AvgIpc) is 2.39. The van der Waals surface area contributed by atoms with Gasteiger partial charge in [0.25, 0.3) is 0 Å². The SMILES string of the molecule is C=C/C(=C\C=C(/C)C(=O)C(/C=C\C(=C)C)=C/C)OC. The van der Waals surface area contributed by atoms with Gasteiger partial charge in [-0.3, -0.25) is 4.79 Å². The smallest absolute Gasteiger partial charge is 0.188 e. The van der Waals surface area contributed by atoms with Crippen LogP contribution in [0.2, 0.25) is 0 Å². The fourth-order valence-electron chi connectivity index (χ4n) is 1.26. The Bertz CT molecular complexity index is 471. The second-order valence-electron chi connectivity index (χ2n) is 4.08. The van der Waals surface area contributed by atoms with Gasteiger partial charge in [-0.05, 0) is 38.5 Å². The van der Waals surface area contributed by atoms with Gasteiger partial charge in [0.2, 0.25) is 0 Å². The summed E-state index contributed by atoms with van der Waals surface area (Å²) in [6, 6.07) is 0. The summed E-state index contributed by atoms with van der Waals surface area (Å²) in [7, 11) is 1.56. The molecule has 102 valence electrons. The fraction of sp³-hybridized carbons (Fsp3) is 0.235. The molecule has 0 aromatic heterocycles. The highest BCUT2D eigenvalue weighted by atomic mass is 16.5. The molecular formula is C17H22O2. The minimum atomic E-state index is -0.0178. The first kappa shape index (κ1) is 16.9. The summed E-state index contributed by atoms with van der Waals surface area (Å²) < 4.78 is 5.04. The van der Waals surface area contributed by atoms with Gasteiger partial charge in [0.15, 0.2) is 5.78 Å². The zero-order valence-corrected chi connectivity index (χ0v) is 12.2. The van der Waals surface area contributed by atoms with Crippen LogP contribution in [0.4, 0.5) is 0 Å². The Morgan fingerprint density at radius 2 is 1.79 bits per heavy atom. The molecule has 0 fully saturated rings. The van der Waals surface area contributed by atoms with Crippen LogP contribution in [0, 0.1) is 0 Å². The van der Waals surface area contributed by atoms with Crippen molar-refractivity contribution >= 4 is 5.78 Å². The van der Waals surface area contributed by atoms with E-state index in [1.54, 1.807) is 44.4 Å². The van der Waals surface area contributed by atoms with E-state index < -0.39 is 0 Å². The van der Waals surface area contributed by atoms with Crippen LogP contribution in [0.3, 0.4) is 0 Å². The summed E-state index contributed by atoms with van der Waals surface area (Å²) in [6.45, 7) is 12.9. The third-order valence-corrected chi connectivity index (χ3v) is 2.41. The number of Topliss-reactive ketones (excluding diaryl/α,β-unsaturated/α-hetero) is 1. The number of allylic oxidation sites excluding steroid dienone is 9. The lowest BCUT2D eigenvalue weighted by Crippen LogP contribution is -2.02. The Labute approximate surface area is 116 Å². The standard InChI is InChI=1S/C17H22O2/c1-7-15(11-9-13(3)4)17(18)14(5)10-12-16(8-2)19-6/h7-12H,2-3H2,1,4-6H3/b11-9-,14-10+,15-7+,16-12+. The van der Waals surface area contributed by atoms with Crippen molar-refractivity contribution < 1.29 is 9.53 Å². The molecule has 2 heteroatoms. The molecule has 0 N–H and O–H groups in total. The Kier molecular flexibility index (Phi) is 7.94. The van der Waals surface area contributed by atoms with E-state index in [0.717, 1.165) is 5.57 Å². The minimum absolute atomic E-state index is 0.0178. The molecule has 0 saturated carbocycles. The number of ketones is 1. The summed E-state index contributed by atoms with van der Waals surface area (Å²) in [5, 5.41) is 0. The van der Waals surface area contributed by atoms with Crippen molar-refractivity contribution in [3.63, 3.8) is 0 Å². The van der Waals surface area contributed by atoms with Crippen molar-refractivity contribution in [3.8, 4) is 0 Å². The summed E-state index contributed by atoms with van der Waals surface area (Å²) in [6.07, 6.45) is 10.4. The van der Waals surface area contributed by atoms with Crippen molar-refractivity contribution in [3.05, 3.63) is 72.1 Å². The number of hydrogen-bond acceptors (Lipinski definition) is 2. The summed E-state index contributed by atoms with van der Waals surface area (Å²) in [5.41, 5.74) is 2.18. The molecule has 0 radical (unpaired) electrons. The predicted molar refractivity (Wildman–Crippen MR) is 81.8 cm³/mol. The van der Waals surface area contributed by atoms with E-state index in [1.807, 2.05) is 19.9 Å². The van der Waals surface area contributed by atoms with Gasteiger partial charge in [-0.2, -0.15) is 0 Å². The molecule has 0 amide bonds. The summed E-state index contributed by atoms with van der Waals surface area (Å²) >= 11 is 0. The maximum Gasteiger partial charge on any atom is 0.188 e. The van der Waals surface area contributed by atoms with Crippen molar-refractivity contribution in [1.29, 1.82) is 0 Å². The number of ether oxygens (including phenoxy) is 1. The van der Waals surface area contributed by atoms with Crippen molar-refractivity contribution in [1.82, 2.24) is 0 Å². The number of hydrogen-bond donors (Lipinski definition) is 0. The molecule has 0 bridgehead atoms. The molecule has 0 heterocycles. The molecule has 0 spiro atoms. The molecule has 0 aliphatic heterocycles. The second-order valence-corrected chi connectivity index (χ2v) is 4.08. The lowest BCUT2D eigenvalue weighted by molar-refractivity contribution is -0.111. The molecule has 0 unspecified atom stereocenters. The number of methoxy groups -OCH3 is 1. The van der Waals surface area contributed by atoms with Gasteiger partial charge < -0.3 is 4.74 Å². The first-order valence-corrected chi connectivity index (χ1v) is 6.05. The Morgan fingerprint density at radius 3 is 2.21 bits per heavy atom.